The van der Waals surface area contributed by atoms with Crippen LogP contribution in [-0.4, -0.2) is 19.9 Å². The molecule has 2 aromatic heterocycles. The molecule has 0 saturated carbocycles. The topological polar surface area (TPSA) is 51.6 Å². The molecule has 0 spiro atoms. The summed E-state index contributed by atoms with van der Waals surface area (Å²) >= 11 is 0. The van der Waals surface area contributed by atoms with Gasteiger partial charge >= 0.3 is 0 Å². The first-order chi connectivity index (χ1) is 26.8. The molecule has 0 fully saturated rings. The average molecular weight is 691 g/mol. The first-order valence-corrected chi connectivity index (χ1v) is 18.1. The van der Waals surface area contributed by atoms with Gasteiger partial charge in [0.2, 0.25) is 0 Å². The highest BCUT2D eigenvalue weighted by molar-refractivity contribution is 5.87. The van der Waals surface area contributed by atoms with E-state index < -0.39 is 0 Å². The van der Waals surface area contributed by atoms with E-state index in [0.717, 1.165) is 84.2 Å². The molecule has 0 bridgehead atoms. The highest BCUT2D eigenvalue weighted by Gasteiger charge is 2.20. The maximum atomic E-state index is 5.47. The van der Waals surface area contributed by atoms with Gasteiger partial charge in [0.05, 0.1) is 34.2 Å². The Kier molecular flexibility index (Phi) is 8.90. The average Bonchev–Trinajstić information content (AvgIpc) is 3.27. The molecule has 0 aliphatic carbocycles. The van der Waals surface area contributed by atoms with Crippen molar-refractivity contribution in [3.63, 3.8) is 0 Å². The molecule has 9 aromatic rings. The highest BCUT2D eigenvalue weighted by atomic mass is 14.9. The minimum atomic E-state index is 0.636. The summed E-state index contributed by atoms with van der Waals surface area (Å²) in [6.45, 7) is 0. The summed E-state index contributed by atoms with van der Waals surface area (Å²) in [5.41, 5.74) is 14.1. The molecule has 0 N–H and O–H groups in total. The van der Waals surface area contributed by atoms with Gasteiger partial charge in [-0.15, -0.1) is 0 Å². The lowest BCUT2D eigenvalue weighted by Gasteiger charge is -2.16. The van der Waals surface area contributed by atoms with Gasteiger partial charge in [0.1, 0.15) is 0 Å². The van der Waals surface area contributed by atoms with E-state index in [1.54, 1.807) is 0 Å². The van der Waals surface area contributed by atoms with Crippen LogP contribution in [0.3, 0.4) is 0 Å². The lowest BCUT2D eigenvalue weighted by atomic mass is 9.98. The minimum absolute atomic E-state index is 0.636. The molecule has 0 atom stereocenters. The SMILES string of the molecule is c1ccc(-c2cccc(-c3cc(-c4ccccc4)nc(-c4cccc(-c5nc(-c6ccccc6)c(-c6ccccc6)nc5-c5ccccc5)c4)n3)c2)cc1. The minimum Gasteiger partial charge on any atom is -0.243 e. The quantitative estimate of drug-likeness (QED) is 0.159. The van der Waals surface area contributed by atoms with Crippen LogP contribution < -0.4 is 0 Å². The van der Waals surface area contributed by atoms with Crippen LogP contribution in [0.1, 0.15) is 0 Å². The second-order valence-corrected chi connectivity index (χ2v) is 13.1. The maximum Gasteiger partial charge on any atom is 0.160 e. The van der Waals surface area contributed by atoms with Gasteiger partial charge in [-0.05, 0) is 29.3 Å². The third kappa shape index (κ3) is 6.72. The molecule has 254 valence electrons. The Bertz CT molecular complexity index is 2680. The predicted octanol–water partition coefficient (Wildman–Crippen LogP) is 12.6. The van der Waals surface area contributed by atoms with Crippen molar-refractivity contribution in [1.82, 2.24) is 19.9 Å². The van der Waals surface area contributed by atoms with Gasteiger partial charge in [-0.3, -0.25) is 0 Å². The molecule has 54 heavy (non-hydrogen) atoms. The van der Waals surface area contributed by atoms with Gasteiger partial charge in [0.25, 0.3) is 0 Å². The molecule has 0 saturated heterocycles. The van der Waals surface area contributed by atoms with E-state index in [4.69, 9.17) is 19.9 Å². The summed E-state index contributed by atoms with van der Waals surface area (Å²) in [4.78, 5) is 21.3. The van der Waals surface area contributed by atoms with Crippen LogP contribution in [-0.2, 0) is 0 Å². The first kappa shape index (κ1) is 32.6. The van der Waals surface area contributed by atoms with Crippen LogP contribution in [0.15, 0.2) is 206 Å². The number of benzene rings is 7. The van der Waals surface area contributed by atoms with Crippen LogP contribution in [0.4, 0.5) is 0 Å². The Labute approximate surface area is 315 Å². The zero-order chi connectivity index (χ0) is 36.1. The molecule has 0 unspecified atom stereocenters. The van der Waals surface area contributed by atoms with E-state index >= 15 is 0 Å². The lowest BCUT2D eigenvalue weighted by molar-refractivity contribution is 1.18. The molecule has 9 rings (SSSR count). The van der Waals surface area contributed by atoms with Gasteiger partial charge in [-0.2, -0.15) is 0 Å². The van der Waals surface area contributed by atoms with Crippen LogP contribution in [0.2, 0.25) is 0 Å². The number of rotatable bonds is 8. The number of aromatic nitrogens is 4. The Morgan fingerprint density at radius 3 is 1.04 bits per heavy atom. The maximum absolute atomic E-state index is 5.47. The van der Waals surface area contributed by atoms with Crippen molar-refractivity contribution in [2.24, 2.45) is 0 Å². The smallest absolute Gasteiger partial charge is 0.160 e. The fraction of sp³-hybridized carbons (Fsp3) is 0. The van der Waals surface area contributed by atoms with Crippen molar-refractivity contribution in [2.75, 3.05) is 0 Å². The van der Waals surface area contributed by atoms with Crippen molar-refractivity contribution in [1.29, 1.82) is 0 Å². The molecule has 4 heteroatoms. The van der Waals surface area contributed by atoms with E-state index in [1.807, 2.05) is 78.9 Å². The second-order valence-electron chi connectivity index (χ2n) is 13.1. The van der Waals surface area contributed by atoms with E-state index in [-0.39, 0.29) is 0 Å². The van der Waals surface area contributed by atoms with E-state index in [9.17, 15) is 0 Å². The van der Waals surface area contributed by atoms with Crippen molar-refractivity contribution in [2.45, 2.75) is 0 Å². The molecular formula is C50H34N4. The van der Waals surface area contributed by atoms with Crippen LogP contribution >= 0.6 is 0 Å². The van der Waals surface area contributed by atoms with Gasteiger partial charge in [0.15, 0.2) is 5.82 Å². The predicted molar refractivity (Wildman–Crippen MR) is 221 cm³/mol. The van der Waals surface area contributed by atoms with Crippen LogP contribution in [0, 0.1) is 0 Å². The monoisotopic (exact) mass is 690 g/mol. The zero-order valence-corrected chi connectivity index (χ0v) is 29.4. The Morgan fingerprint density at radius 2 is 0.537 bits per heavy atom. The fourth-order valence-electron chi connectivity index (χ4n) is 6.80. The van der Waals surface area contributed by atoms with E-state index in [1.165, 1.54) is 0 Å². The Balaban J connectivity index is 1.23. The second kappa shape index (κ2) is 14.7. The van der Waals surface area contributed by atoms with Crippen molar-refractivity contribution in [3.8, 4) is 90.1 Å². The summed E-state index contributed by atoms with van der Waals surface area (Å²) in [6.07, 6.45) is 0. The lowest BCUT2D eigenvalue weighted by Crippen LogP contribution is -2.01. The van der Waals surface area contributed by atoms with Gasteiger partial charge < -0.3 is 0 Å². The van der Waals surface area contributed by atoms with Crippen molar-refractivity contribution >= 4 is 0 Å². The van der Waals surface area contributed by atoms with Crippen LogP contribution in [0.5, 0.6) is 0 Å². The molecule has 4 nitrogen and oxygen atoms in total. The van der Waals surface area contributed by atoms with Crippen molar-refractivity contribution < 1.29 is 0 Å². The number of nitrogens with zero attached hydrogens (tertiary/aromatic N) is 4. The zero-order valence-electron chi connectivity index (χ0n) is 29.4. The Morgan fingerprint density at radius 1 is 0.204 bits per heavy atom. The normalized spacial score (nSPS) is 11.0. The third-order valence-corrected chi connectivity index (χ3v) is 9.49. The van der Waals surface area contributed by atoms with Crippen molar-refractivity contribution in [3.05, 3.63) is 206 Å². The molecular weight excluding hydrogens is 657 g/mol. The van der Waals surface area contributed by atoms with Crippen LogP contribution in [0.25, 0.3) is 90.1 Å². The highest BCUT2D eigenvalue weighted by Crippen LogP contribution is 2.38. The standard InChI is InChI=1S/C50H34N4/c1-6-18-35(19-7-1)40-28-16-29-41(32-40)45-34-44(36-20-8-2-9-21-36)51-50(52-45)43-31-17-30-42(33-43)49-48(39-26-14-5-15-27-39)53-46(37-22-10-3-11-23-37)47(54-49)38-24-12-4-13-25-38/h1-34H. The van der Waals surface area contributed by atoms with E-state index in [2.05, 4.69) is 127 Å². The van der Waals surface area contributed by atoms with Gasteiger partial charge in [-0.25, -0.2) is 19.9 Å². The summed E-state index contributed by atoms with van der Waals surface area (Å²) in [5, 5.41) is 0. The van der Waals surface area contributed by atoms with E-state index in [0.29, 0.717) is 5.82 Å². The largest absolute Gasteiger partial charge is 0.243 e. The summed E-state index contributed by atoms with van der Waals surface area (Å²) in [5.74, 6) is 0.636. The first-order valence-electron chi connectivity index (χ1n) is 18.1. The summed E-state index contributed by atoms with van der Waals surface area (Å²) in [7, 11) is 0. The Hall–Kier alpha value is -7.30. The third-order valence-electron chi connectivity index (χ3n) is 9.49. The fourth-order valence-corrected chi connectivity index (χ4v) is 6.80. The molecule has 0 amide bonds. The molecule has 0 aliphatic heterocycles. The molecule has 0 aliphatic rings. The molecule has 7 aromatic carbocycles. The summed E-state index contributed by atoms with van der Waals surface area (Å²) < 4.78 is 0. The number of hydrogen-bond donors (Lipinski definition) is 0. The summed E-state index contributed by atoms with van der Waals surface area (Å²) in [6, 6.07) is 70.6. The van der Waals surface area contributed by atoms with Gasteiger partial charge in [0, 0.05) is 38.9 Å². The molecule has 2 heterocycles. The van der Waals surface area contributed by atoms with Gasteiger partial charge in [-0.1, -0.05) is 188 Å². The number of hydrogen-bond acceptors (Lipinski definition) is 4. The molecule has 0 radical (unpaired) electrons.